The topological polar surface area (TPSA) is 119 Å². The number of rotatable bonds is 24. The molecule has 0 aromatic rings. The highest BCUT2D eigenvalue weighted by atomic mass is 16.5. The molecule has 0 saturated carbocycles. The van der Waals surface area contributed by atoms with Crippen LogP contribution in [-0.4, -0.2) is 48.2 Å². The largest absolute Gasteiger partial charge is 0.481 e. The standard InChI is InChI=1S/C30H55NO7/c1-6-25(21-23(2)3)29(35)37-19-15-11-12-16-20-38-30(36)26(22-24(4)5)31-27(32)17-13-9-7-8-10-14-18-28(33)34/h23-26H,6-22H2,1-5H3,(H,31,32)(H,33,34). The number of amides is 1. The van der Waals surface area contributed by atoms with Crippen LogP contribution >= 0.6 is 0 Å². The molecule has 8 heteroatoms. The van der Waals surface area contributed by atoms with E-state index in [1.807, 2.05) is 20.8 Å². The number of hydrogen-bond donors (Lipinski definition) is 2. The molecule has 0 aliphatic rings. The summed E-state index contributed by atoms with van der Waals surface area (Å²) < 4.78 is 10.9. The summed E-state index contributed by atoms with van der Waals surface area (Å²) in [5.41, 5.74) is 0. The fourth-order valence-electron chi connectivity index (χ4n) is 4.34. The Bertz CT molecular complexity index is 663. The van der Waals surface area contributed by atoms with Gasteiger partial charge < -0.3 is 19.9 Å². The second kappa shape index (κ2) is 22.8. The minimum absolute atomic E-state index is 0.0180. The van der Waals surface area contributed by atoms with Crippen molar-refractivity contribution in [2.24, 2.45) is 17.8 Å². The highest BCUT2D eigenvalue weighted by Gasteiger charge is 2.23. The van der Waals surface area contributed by atoms with E-state index >= 15 is 0 Å². The van der Waals surface area contributed by atoms with E-state index in [2.05, 4.69) is 19.2 Å². The maximum atomic E-state index is 12.6. The Balaban J connectivity index is 4.07. The lowest BCUT2D eigenvalue weighted by Gasteiger charge is -2.19. The minimum Gasteiger partial charge on any atom is -0.481 e. The van der Waals surface area contributed by atoms with Crippen LogP contribution in [0.5, 0.6) is 0 Å². The molecule has 0 radical (unpaired) electrons. The van der Waals surface area contributed by atoms with Crippen LogP contribution < -0.4 is 5.32 Å². The monoisotopic (exact) mass is 541 g/mol. The molecule has 0 aliphatic carbocycles. The third-order valence-corrected chi connectivity index (χ3v) is 6.48. The van der Waals surface area contributed by atoms with Crippen molar-refractivity contribution in [1.82, 2.24) is 5.32 Å². The van der Waals surface area contributed by atoms with E-state index in [0.29, 0.717) is 38.4 Å². The molecule has 0 aromatic carbocycles. The first-order chi connectivity index (χ1) is 18.1. The molecule has 0 bridgehead atoms. The van der Waals surface area contributed by atoms with Crippen LogP contribution in [0.2, 0.25) is 0 Å². The predicted molar refractivity (Wildman–Crippen MR) is 150 cm³/mol. The minimum atomic E-state index is -0.756. The van der Waals surface area contributed by atoms with E-state index in [1.54, 1.807) is 0 Å². The molecule has 0 heterocycles. The number of unbranched alkanes of at least 4 members (excludes halogenated alkanes) is 8. The van der Waals surface area contributed by atoms with Gasteiger partial charge in [-0.2, -0.15) is 0 Å². The van der Waals surface area contributed by atoms with Crippen LogP contribution in [0.15, 0.2) is 0 Å². The van der Waals surface area contributed by atoms with Gasteiger partial charge in [-0.3, -0.25) is 14.4 Å². The van der Waals surface area contributed by atoms with E-state index in [1.165, 1.54) is 0 Å². The smallest absolute Gasteiger partial charge is 0.328 e. The fourth-order valence-corrected chi connectivity index (χ4v) is 4.34. The lowest BCUT2D eigenvalue weighted by Crippen LogP contribution is -2.42. The van der Waals surface area contributed by atoms with E-state index in [9.17, 15) is 19.2 Å². The van der Waals surface area contributed by atoms with Gasteiger partial charge in [0.05, 0.1) is 19.1 Å². The van der Waals surface area contributed by atoms with Gasteiger partial charge in [0.1, 0.15) is 6.04 Å². The molecule has 2 N–H and O–H groups in total. The Morgan fingerprint density at radius 3 is 1.63 bits per heavy atom. The molecular formula is C30H55NO7. The number of aliphatic carboxylic acids is 1. The van der Waals surface area contributed by atoms with Gasteiger partial charge in [0.25, 0.3) is 0 Å². The number of carboxylic acids is 1. The number of carbonyl (C=O) groups is 4. The molecule has 38 heavy (non-hydrogen) atoms. The normalized spacial score (nSPS) is 12.8. The zero-order valence-electron chi connectivity index (χ0n) is 24.7. The molecule has 0 spiro atoms. The Morgan fingerprint density at radius 2 is 1.13 bits per heavy atom. The van der Waals surface area contributed by atoms with Gasteiger partial charge in [0.2, 0.25) is 5.91 Å². The predicted octanol–water partition coefficient (Wildman–Crippen LogP) is 6.44. The third kappa shape index (κ3) is 20.9. The van der Waals surface area contributed by atoms with Crippen molar-refractivity contribution < 1.29 is 33.8 Å². The molecule has 2 unspecified atom stereocenters. The summed E-state index contributed by atoms with van der Waals surface area (Å²) in [5, 5.41) is 11.5. The Kier molecular flexibility index (Phi) is 21.6. The van der Waals surface area contributed by atoms with Gasteiger partial charge >= 0.3 is 17.9 Å². The average Bonchev–Trinajstić information content (AvgIpc) is 2.84. The van der Waals surface area contributed by atoms with E-state index in [-0.39, 0.29) is 36.1 Å². The molecule has 0 fully saturated rings. The van der Waals surface area contributed by atoms with Crippen molar-refractivity contribution in [3.63, 3.8) is 0 Å². The SMILES string of the molecule is CCC(CC(C)C)C(=O)OCCCCCCOC(=O)C(CC(C)C)NC(=O)CCCCCCCCC(=O)O. The molecule has 8 nitrogen and oxygen atoms in total. The number of carboxylic acid groups (broad SMARTS) is 1. The van der Waals surface area contributed by atoms with Crippen molar-refractivity contribution in [3.05, 3.63) is 0 Å². The molecule has 0 aromatic heterocycles. The van der Waals surface area contributed by atoms with Crippen LogP contribution in [0.25, 0.3) is 0 Å². The Morgan fingerprint density at radius 1 is 0.658 bits per heavy atom. The van der Waals surface area contributed by atoms with E-state index in [0.717, 1.165) is 70.6 Å². The first-order valence-electron chi connectivity index (χ1n) is 14.9. The van der Waals surface area contributed by atoms with Gasteiger partial charge in [0, 0.05) is 12.8 Å². The quantitative estimate of drug-likeness (QED) is 0.107. The van der Waals surface area contributed by atoms with Gasteiger partial charge in [-0.25, -0.2) is 4.79 Å². The Hall–Kier alpha value is -2.12. The maximum absolute atomic E-state index is 12.6. The summed E-state index contributed by atoms with van der Waals surface area (Å²) >= 11 is 0. The molecule has 222 valence electrons. The number of nitrogens with one attached hydrogen (secondary N) is 1. The van der Waals surface area contributed by atoms with Crippen molar-refractivity contribution in [3.8, 4) is 0 Å². The van der Waals surface area contributed by atoms with Crippen molar-refractivity contribution in [2.45, 2.75) is 137 Å². The van der Waals surface area contributed by atoms with Crippen LogP contribution in [0.4, 0.5) is 0 Å². The highest BCUT2D eigenvalue weighted by molar-refractivity contribution is 5.84. The first kappa shape index (κ1) is 35.9. The van der Waals surface area contributed by atoms with E-state index < -0.39 is 12.0 Å². The number of ether oxygens (including phenoxy) is 2. The summed E-state index contributed by atoms with van der Waals surface area (Å²) in [6, 6.07) is -0.629. The molecule has 1 amide bonds. The summed E-state index contributed by atoms with van der Waals surface area (Å²) in [7, 11) is 0. The second-order valence-corrected chi connectivity index (χ2v) is 11.2. The molecule has 0 saturated heterocycles. The molecular weight excluding hydrogens is 486 g/mol. The maximum Gasteiger partial charge on any atom is 0.328 e. The summed E-state index contributed by atoms with van der Waals surface area (Å²) in [5.74, 6) is -0.663. The molecule has 0 rings (SSSR count). The lowest BCUT2D eigenvalue weighted by molar-refractivity contribution is -0.150. The van der Waals surface area contributed by atoms with Gasteiger partial charge in [0.15, 0.2) is 0 Å². The van der Waals surface area contributed by atoms with Crippen LogP contribution in [0.3, 0.4) is 0 Å². The summed E-state index contributed by atoms with van der Waals surface area (Å²) in [4.78, 5) is 47.6. The van der Waals surface area contributed by atoms with Gasteiger partial charge in [-0.15, -0.1) is 0 Å². The highest BCUT2D eigenvalue weighted by Crippen LogP contribution is 2.17. The second-order valence-electron chi connectivity index (χ2n) is 11.2. The zero-order valence-corrected chi connectivity index (χ0v) is 24.7. The van der Waals surface area contributed by atoms with Crippen molar-refractivity contribution >= 4 is 23.8 Å². The third-order valence-electron chi connectivity index (χ3n) is 6.48. The summed E-state index contributed by atoms with van der Waals surface area (Å²) in [6.07, 6.45) is 11.3. The Labute approximate surface area is 231 Å². The number of carbonyl (C=O) groups excluding carboxylic acids is 3. The van der Waals surface area contributed by atoms with Gasteiger partial charge in [-0.05, 0) is 69.6 Å². The van der Waals surface area contributed by atoms with Crippen LogP contribution in [-0.2, 0) is 28.7 Å². The zero-order chi connectivity index (χ0) is 28.8. The number of esters is 2. The first-order valence-corrected chi connectivity index (χ1v) is 14.9. The van der Waals surface area contributed by atoms with Crippen LogP contribution in [0, 0.1) is 17.8 Å². The molecule has 0 aliphatic heterocycles. The van der Waals surface area contributed by atoms with E-state index in [4.69, 9.17) is 14.6 Å². The van der Waals surface area contributed by atoms with Crippen LogP contribution in [0.1, 0.15) is 131 Å². The molecule has 2 atom stereocenters. The van der Waals surface area contributed by atoms with Gasteiger partial charge in [-0.1, -0.05) is 60.3 Å². The summed E-state index contributed by atoms with van der Waals surface area (Å²) in [6.45, 7) is 11.0. The average molecular weight is 542 g/mol. The lowest BCUT2D eigenvalue weighted by atomic mass is 9.95. The van der Waals surface area contributed by atoms with Crippen molar-refractivity contribution in [2.75, 3.05) is 13.2 Å². The fraction of sp³-hybridized carbons (Fsp3) is 0.867. The van der Waals surface area contributed by atoms with Crippen molar-refractivity contribution in [1.29, 1.82) is 0 Å². The number of hydrogen-bond acceptors (Lipinski definition) is 6.